The molecule has 0 aliphatic carbocycles. The van der Waals surface area contributed by atoms with Crippen LogP contribution in [0.1, 0.15) is 16.7 Å². The Bertz CT molecular complexity index is 1230. The van der Waals surface area contributed by atoms with Crippen molar-refractivity contribution in [1.29, 1.82) is 0 Å². The zero-order chi connectivity index (χ0) is 20.5. The molecule has 1 aromatic heterocycles. The first-order valence-electron chi connectivity index (χ1n) is 9.30. The monoisotopic (exact) mass is 384 g/mol. The van der Waals surface area contributed by atoms with Crippen molar-refractivity contribution in [2.75, 3.05) is 7.05 Å². The summed E-state index contributed by atoms with van der Waals surface area (Å²) in [5.74, 6) is -0.218. The molecule has 0 spiro atoms. The topological polar surface area (TPSA) is 37.5 Å². The predicted octanol–water partition coefficient (Wildman–Crippen LogP) is 6.32. The van der Waals surface area contributed by atoms with Crippen LogP contribution in [0.25, 0.3) is 33.5 Å². The van der Waals surface area contributed by atoms with Crippen molar-refractivity contribution in [3.05, 3.63) is 95.9 Å². The van der Waals surface area contributed by atoms with Gasteiger partial charge in [0.25, 0.3) is 0 Å². The van der Waals surface area contributed by atoms with Crippen LogP contribution in [0.15, 0.2) is 78.4 Å². The van der Waals surface area contributed by atoms with Gasteiger partial charge in [-0.05, 0) is 60.0 Å². The Kier molecular flexibility index (Phi) is 4.77. The molecule has 0 aliphatic rings. The van der Waals surface area contributed by atoms with E-state index in [1.807, 2.05) is 30.5 Å². The van der Waals surface area contributed by atoms with Crippen LogP contribution in [0.3, 0.4) is 0 Å². The van der Waals surface area contributed by atoms with Crippen molar-refractivity contribution in [3.8, 4) is 16.8 Å². The van der Waals surface area contributed by atoms with Crippen LogP contribution in [-0.2, 0) is 0 Å². The van der Waals surface area contributed by atoms with E-state index in [0.717, 1.165) is 38.8 Å². The standard InChI is InChI=1S/C25H21FN2O/c1-16-12-23-24(19-6-4-18(5-7-19)17(2)29)15-28(22-10-8-21(26)9-11-22)25(23)13-20(16)14-27-3/h4-15,29H,2H2,1,3H3. The van der Waals surface area contributed by atoms with Gasteiger partial charge in [-0.2, -0.15) is 0 Å². The molecule has 0 unspecified atom stereocenters. The van der Waals surface area contributed by atoms with Gasteiger partial charge < -0.3 is 9.67 Å². The summed E-state index contributed by atoms with van der Waals surface area (Å²) in [5, 5.41) is 10.7. The Morgan fingerprint density at radius 1 is 1.07 bits per heavy atom. The molecule has 0 aliphatic heterocycles. The van der Waals surface area contributed by atoms with Gasteiger partial charge in [0, 0.05) is 41.7 Å². The third kappa shape index (κ3) is 3.45. The Balaban J connectivity index is 1.98. The van der Waals surface area contributed by atoms with Crippen molar-refractivity contribution >= 4 is 22.9 Å². The lowest BCUT2D eigenvalue weighted by atomic mass is 10.00. The first kappa shape index (κ1) is 18.7. The summed E-state index contributed by atoms with van der Waals surface area (Å²) in [7, 11) is 1.75. The Morgan fingerprint density at radius 2 is 1.76 bits per heavy atom. The number of halogens is 1. The van der Waals surface area contributed by atoms with Gasteiger partial charge in [-0.1, -0.05) is 30.8 Å². The molecule has 0 amide bonds. The van der Waals surface area contributed by atoms with E-state index in [0.29, 0.717) is 5.56 Å². The molecule has 0 atom stereocenters. The molecule has 3 aromatic carbocycles. The molecule has 0 saturated heterocycles. The van der Waals surface area contributed by atoms with Gasteiger partial charge in [0.15, 0.2) is 0 Å². The molecule has 144 valence electrons. The molecule has 0 fully saturated rings. The molecule has 1 heterocycles. The predicted molar refractivity (Wildman–Crippen MR) is 119 cm³/mol. The summed E-state index contributed by atoms with van der Waals surface area (Å²) in [6, 6.07) is 18.4. The fourth-order valence-electron chi connectivity index (χ4n) is 3.56. The van der Waals surface area contributed by atoms with Gasteiger partial charge in [0.1, 0.15) is 11.6 Å². The number of aliphatic hydroxyl groups is 1. The number of aliphatic imine (C=N–C) groups is 1. The van der Waals surface area contributed by atoms with E-state index in [4.69, 9.17) is 0 Å². The average Bonchev–Trinajstić information content (AvgIpc) is 3.07. The zero-order valence-corrected chi connectivity index (χ0v) is 16.4. The SMILES string of the molecule is C=C(O)c1ccc(-c2cn(-c3ccc(F)cc3)c3cc(C=NC)c(C)cc23)cc1. The van der Waals surface area contributed by atoms with Gasteiger partial charge in [-0.15, -0.1) is 0 Å². The maximum absolute atomic E-state index is 13.5. The molecule has 0 radical (unpaired) electrons. The number of hydrogen-bond acceptors (Lipinski definition) is 2. The van der Waals surface area contributed by atoms with Crippen LogP contribution < -0.4 is 0 Å². The van der Waals surface area contributed by atoms with Gasteiger partial charge in [0.05, 0.1) is 5.52 Å². The molecule has 1 N–H and O–H groups in total. The van der Waals surface area contributed by atoms with E-state index in [-0.39, 0.29) is 11.6 Å². The fraction of sp³-hybridized carbons (Fsp3) is 0.0800. The summed E-state index contributed by atoms with van der Waals surface area (Å²) in [6.07, 6.45) is 3.91. The van der Waals surface area contributed by atoms with E-state index < -0.39 is 0 Å². The lowest BCUT2D eigenvalue weighted by molar-refractivity contribution is 0.514. The highest BCUT2D eigenvalue weighted by molar-refractivity contribution is 6.00. The highest BCUT2D eigenvalue weighted by Gasteiger charge is 2.14. The molecule has 4 rings (SSSR count). The number of nitrogens with zero attached hydrogens (tertiary/aromatic N) is 2. The number of hydrogen-bond donors (Lipinski definition) is 1. The smallest absolute Gasteiger partial charge is 0.123 e. The van der Waals surface area contributed by atoms with Crippen LogP contribution >= 0.6 is 0 Å². The molecule has 4 aromatic rings. The minimum absolute atomic E-state index is 0.0460. The van der Waals surface area contributed by atoms with Crippen molar-refractivity contribution in [2.45, 2.75) is 6.92 Å². The third-order valence-corrected chi connectivity index (χ3v) is 5.09. The van der Waals surface area contributed by atoms with Crippen molar-refractivity contribution in [3.63, 3.8) is 0 Å². The van der Waals surface area contributed by atoms with Gasteiger partial charge >= 0.3 is 0 Å². The van der Waals surface area contributed by atoms with E-state index in [9.17, 15) is 9.50 Å². The van der Waals surface area contributed by atoms with E-state index >= 15 is 0 Å². The lowest BCUT2D eigenvalue weighted by Gasteiger charge is -2.07. The largest absolute Gasteiger partial charge is 0.508 e. The minimum atomic E-state index is -0.264. The van der Waals surface area contributed by atoms with Gasteiger partial charge in [-0.25, -0.2) is 4.39 Å². The first-order chi connectivity index (χ1) is 14.0. The zero-order valence-electron chi connectivity index (χ0n) is 16.4. The normalized spacial score (nSPS) is 11.4. The van der Waals surface area contributed by atoms with Crippen LogP contribution in [-0.4, -0.2) is 22.9 Å². The number of benzene rings is 3. The van der Waals surface area contributed by atoms with Gasteiger partial charge in [0.2, 0.25) is 0 Å². The van der Waals surface area contributed by atoms with E-state index in [1.165, 1.54) is 12.1 Å². The number of fused-ring (bicyclic) bond motifs is 1. The molecule has 3 nitrogen and oxygen atoms in total. The summed E-state index contributed by atoms with van der Waals surface area (Å²) >= 11 is 0. The van der Waals surface area contributed by atoms with E-state index in [2.05, 4.69) is 41.4 Å². The van der Waals surface area contributed by atoms with Gasteiger partial charge in [-0.3, -0.25) is 4.99 Å². The molecule has 0 bridgehead atoms. The van der Waals surface area contributed by atoms with Crippen LogP contribution in [0.5, 0.6) is 0 Å². The maximum Gasteiger partial charge on any atom is 0.123 e. The highest BCUT2D eigenvalue weighted by atomic mass is 19.1. The number of rotatable bonds is 4. The lowest BCUT2D eigenvalue weighted by Crippen LogP contribution is -1.94. The second kappa shape index (κ2) is 7.40. The minimum Gasteiger partial charge on any atom is -0.508 e. The fourth-order valence-corrected chi connectivity index (χ4v) is 3.56. The Morgan fingerprint density at radius 3 is 2.38 bits per heavy atom. The van der Waals surface area contributed by atoms with Crippen LogP contribution in [0.4, 0.5) is 4.39 Å². The summed E-state index contributed by atoms with van der Waals surface area (Å²) < 4.78 is 15.5. The number of aromatic nitrogens is 1. The molecule has 29 heavy (non-hydrogen) atoms. The summed E-state index contributed by atoms with van der Waals surface area (Å²) in [6.45, 7) is 5.64. The second-order valence-electron chi connectivity index (χ2n) is 7.03. The molecular weight excluding hydrogens is 363 g/mol. The number of aryl methyl sites for hydroxylation is 1. The second-order valence-corrected chi connectivity index (χ2v) is 7.03. The quantitative estimate of drug-likeness (QED) is 0.324. The third-order valence-electron chi connectivity index (χ3n) is 5.09. The Hall–Kier alpha value is -3.66. The molecule has 0 saturated carbocycles. The molecular formula is C25H21FN2O. The average molecular weight is 384 g/mol. The number of aliphatic hydroxyl groups excluding tert-OH is 1. The highest BCUT2D eigenvalue weighted by Crippen LogP contribution is 2.34. The molecule has 4 heteroatoms. The van der Waals surface area contributed by atoms with Crippen molar-refractivity contribution in [1.82, 2.24) is 4.57 Å². The maximum atomic E-state index is 13.5. The van der Waals surface area contributed by atoms with E-state index in [1.54, 1.807) is 19.2 Å². The first-order valence-corrected chi connectivity index (χ1v) is 9.30. The van der Waals surface area contributed by atoms with Crippen LogP contribution in [0, 0.1) is 12.7 Å². The summed E-state index contributed by atoms with van der Waals surface area (Å²) in [4.78, 5) is 4.16. The Labute approximate surface area is 169 Å². The van der Waals surface area contributed by atoms with Crippen molar-refractivity contribution < 1.29 is 9.50 Å². The van der Waals surface area contributed by atoms with Crippen LogP contribution in [0.2, 0.25) is 0 Å². The van der Waals surface area contributed by atoms with Crippen molar-refractivity contribution in [2.24, 2.45) is 4.99 Å². The summed E-state index contributed by atoms with van der Waals surface area (Å²) in [5.41, 5.74) is 6.84.